The third kappa shape index (κ3) is 3.19. The van der Waals surface area contributed by atoms with E-state index in [9.17, 15) is 18.0 Å². The summed E-state index contributed by atoms with van der Waals surface area (Å²) in [5, 5.41) is 5.18. The van der Waals surface area contributed by atoms with Crippen LogP contribution in [0.5, 0.6) is 11.5 Å². The van der Waals surface area contributed by atoms with Crippen LogP contribution in [0.4, 0.5) is 18.0 Å². The van der Waals surface area contributed by atoms with E-state index in [2.05, 4.69) is 10.3 Å². The summed E-state index contributed by atoms with van der Waals surface area (Å²) >= 11 is 0. The van der Waals surface area contributed by atoms with E-state index in [0.29, 0.717) is 6.42 Å². The zero-order chi connectivity index (χ0) is 19.8. The van der Waals surface area contributed by atoms with E-state index in [-0.39, 0.29) is 18.0 Å². The monoisotopic (exact) mass is 391 g/mol. The van der Waals surface area contributed by atoms with Crippen molar-refractivity contribution in [1.82, 2.24) is 15.6 Å². The van der Waals surface area contributed by atoms with Crippen LogP contribution in [0.15, 0.2) is 54.7 Å². The van der Waals surface area contributed by atoms with Crippen molar-refractivity contribution >= 4 is 16.9 Å². The summed E-state index contributed by atoms with van der Waals surface area (Å²) < 4.78 is 50.5. The van der Waals surface area contributed by atoms with Crippen LogP contribution in [0.25, 0.3) is 10.9 Å². The number of ether oxygens (including phenoxy) is 2. The number of fused-ring (bicyclic) bond motifs is 2. The second-order valence-corrected chi connectivity index (χ2v) is 6.26. The van der Waals surface area contributed by atoms with Crippen LogP contribution in [0.3, 0.4) is 0 Å². The lowest BCUT2D eigenvalue weighted by Crippen LogP contribution is -2.66. The van der Waals surface area contributed by atoms with Crippen molar-refractivity contribution in [2.75, 3.05) is 6.54 Å². The van der Waals surface area contributed by atoms with Gasteiger partial charge in [-0.3, -0.25) is 5.32 Å². The molecule has 2 aromatic carbocycles. The Morgan fingerprint density at radius 1 is 1.04 bits per heavy atom. The number of carbonyl (C=O) groups is 1. The molecule has 0 atom stereocenters. The molecular formula is C19H16F3N3O3. The van der Waals surface area contributed by atoms with E-state index in [1.54, 1.807) is 11.5 Å². The summed E-state index contributed by atoms with van der Waals surface area (Å²) in [6, 6.07) is 12.3. The van der Waals surface area contributed by atoms with Crippen LogP contribution in [0, 0.1) is 0 Å². The molecule has 0 saturated heterocycles. The van der Waals surface area contributed by atoms with Crippen molar-refractivity contribution in [1.29, 1.82) is 0 Å². The van der Waals surface area contributed by atoms with Gasteiger partial charge in [-0.1, -0.05) is 30.3 Å². The minimum Gasteiger partial charge on any atom is -0.424 e. The smallest absolute Gasteiger partial charge is 0.424 e. The van der Waals surface area contributed by atoms with E-state index >= 15 is 0 Å². The third-order valence-corrected chi connectivity index (χ3v) is 4.36. The molecule has 0 aliphatic carbocycles. The van der Waals surface area contributed by atoms with Crippen LogP contribution >= 0.6 is 0 Å². The summed E-state index contributed by atoms with van der Waals surface area (Å²) in [7, 11) is 0. The van der Waals surface area contributed by atoms with Crippen molar-refractivity contribution in [3.63, 3.8) is 0 Å². The fourth-order valence-electron chi connectivity index (χ4n) is 3.03. The van der Waals surface area contributed by atoms with Gasteiger partial charge < -0.3 is 19.8 Å². The molecule has 1 aliphatic heterocycles. The summed E-state index contributed by atoms with van der Waals surface area (Å²) in [6.07, 6.45) is -2.74. The maximum absolute atomic E-state index is 13.6. The molecule has 1 aliphatic rings. The second kappa shape index (κ2) is 6.66. The number of para-hydroxylation sites is 3. The number of hydrogen-bond acceptors (Lipinski definition) is 3. The standard InChI is InChI=1S/C19H16F3N3O3/c20-18(21,22)19(27-15-7-3-4-8-16(15)28-19)25-17(26)23-10-9-12-11-24-14-6-2-1-5-13(12)14/h1-8,11,24H,9-10H2,(H2,23,25,26). The van der Waals surface area contributed by atoms with Gasteiger partial charge in [0, 0.05) is 23.6 Å². The molecule has 2 heterocycles. The number of aromatic nitrogens is 1. The molecule has 2 amide bonds. The zero-order valence-corrected chi connectivity index (χ0v) is 14.5. The Hall–Kier alpha value is -3.36. The van der Waals surface area contributed by atoms with Gasteiger partial charge in [0.05, 0.1) is 0 Å². The molecule has 3 aromatic rings. The number of benzene rings is 2. The Bertz CT molecular complexity index is 991. The highest BCUT2D eigenvalue weighted by molar-refractivity contribution is 5.83. The number of rotatable bonds is 4. The molecule has 28 heavy (non-hydrogen) atoms. The van der Waals surface area contributed by atoms with Gasteiger partial charge in [0.15, 0.2) is 11.5 Å². The molecule has 9 heteroatoms. The number of carbonyl (C=O) groups excluding carboxylic acids is 1. The van der Waals surface area contributed by atoms with Gasteiger partial charge in [0.2, 0.25) is 0 Å². The Labute approximate surface area is 157 Å². The SMILES string of the molecule is O=C(NCCc1c[nH]c2ccccc12)NC1(C(F)(F)F)Oc2ccccc2O1. The minimum absolute atomic E-state index is 0.0982. The number of amides is 2. The molecule has 4 rings (SSSR count). The van der Waals surface area contributed by atoms with Crippen LogP contribution in [0.1, 0.15) is 5.56 Å². The molecule has 146 valence electrons. The van der Waals surface area contributed by atoms with Gasteiger partial charge in [-0.2, -0.15) is 13.2 Å². The predicted molar refractivity (Wildman–Crippen MR) is 95.0 cm³/mol. The minimum atomic E-state index is -4.99. The average molecular weight is 391 g/mol. The van der Waals surface area contributed by atoms with Crippen molar-refractivity contribution in [2.45, 2.75) is 18.5 Å². The van der Waals surface area contributed by atoms with Crippen molar-refractivity contribution in [3.05, 3.63) is 60.3 Å². The molecular weight excluding hydrogens is 375 g/mol. The molecule has 0 radical (unpaired) electrons. The van der Waals surface area contributed by atoms with E-state index < -0.39 is 18.1 Å². The first kappa shape index (κ1) is 18.0. The van der Waals surface area contributed by atoms with Crippen LogP contribution in [0.2, 0.25) is 0 Å². The van der Waals surface area contributed by atoms with Crippen LogP contribution in [-0.4, -0.2) is 29.6 Å². The van der Waals surface area contributed by atoms with Crippen molar-refractivity contribution in [3.8, 4) is 11.5 Å². The highest BCUT2D eigenvalue weighted by Gasteiger charge is 2.65. The predicted octanol–water partition coefficient (Wildman–Crippen LogP) is 3.70. The van der Waals surface area contributed by atoms with Crippen LogP contribution < -0.4 is 20.1 Å². The number of hydrogen-bond donors (Lipinski definition) is 3. The van der Waals surface area contributed by atoms with E-state index in [1.165, 1.54) is 24.3 Å². The zero-order valence-electron chi connectivity index (χ0n) is 14.5. The maximum Gasteiger partial charge on any atom is 0.492 e. The van der Waals surface area contributed by atoms with Gasteiger partial charge in [0.25, 0.3) is 0 Å². The molecule has 0 fully saturated rings. The molecule has 1 aromatic heterocycles. The number of halogens is 3. The second-order valence-electron chi connectivity index (χ2n) is 6.26. The molecule has 6 nitrogen and oxygen atoms in total. The fourth-order valence-corrected chi connectivity index (χ4v) is 3.03. The van der Waals surface area contributed by atoms with E-state index in [4.69, 9.17) is 9.47 Å². The average Bonchev–Trinajstić information content (AvgIpc) is 3.23. The Morgan fingerprint density at radius 3 is 2.36 bits per heavy atom. The molecule has 0 unspecified atom stereocenters. The number of H-pyrrole nitrogens is 1. The quantitative estimate of drug-likeness (QED) is 0.635. The van der Waals surface area contributed by atoms with Gasteiger partial charge in [0.1, 0.15) is 0 Å². The topological polar surface area (TPSA) is 75.4 Å². The first-order chi connectivity index (χ1) is 13.4. The Balaban J connectivity index is 1.40. The normalized spacial score (nSPS) is 14.8. The first-order valence-corrected chi connectivity index (χ1v) is 8.53. The van der Waals surface area contributed by atoms with E-state index in [0.717, 1.165) is 16.5 Å². The summed E-state index contributed by atoms with van der Waals surface area (Å²) in [6.45, 7) is 0.133. The highest BCUT2D eigenvalue weighted by Crippen LogP contribution is 2.44. The Kier molecular flexibility index (Phi) is 4.29. The van der Waals surface area contributed by atoms with Gasteiger partial charge in [-0.15, -0.1) is 0 Å². The lowest BCUT2D eigenvalue weighted by Gasteiger charge is -2.29. The largest absolute Gasteiger partial charge is 0.492 e. The maximum atomic E-state index is 13.6. The summed E-state index contributed by atoms with van der Waals surface area (Å²) in [4.78, 5) is 15.2. The first-order valence-electron chi connectivity index (χ1n) is 8.53. The molecule has 3 N–H and O–H groups in total. The lowest BCUT2D eigenvalue weighted by atomic mass is 10.1. The summed E-state index contributed by atoms with van der Waals surface area (Å²) in [5.74, 6) is -3.46. The van der Waals surface area contributed by atoms with Crippen molar-refractivity contribution in [2.24, 2.45) is 0 Å². The summed E-state index contributed by atoms with van der Waals surface area (Å²) in [5.41, 5.74) is 1.89. The molecule has 0 saturated carbocycles. The van der Waals surface area contributed by atoms with E-state index in [1.807, 2.05) is 24.3 Å². The highest BCUT2D eigenvalue weighted by atomic mass is 19.4. The fraction of sp³-hybridized carbons (Fsp3) is 0.211. The molecule has 0 spiro atoms. The number of nitrogens with one attached hydrogen (secondary N) is 3. The van der Waals surface area contributed by atoms with Crippen molar-refractivity contribution < 1.29 is 27.4 Å². The number of urea groups is 1. The van der Waals surface area contributed by atoms with Crippen LogP contribution in [-0.2, 0) is 6.42 Å². The lowest BCUT2D eigenvalue weighted by molar-refractivity contribution is -0.317. The van der Waals surface area contributed by atoms with Gasteiger partial charge in [-0.25, -0.2) is 4.79 Å². The van der Waals surface area contributed by atoms with Gasteiger partial charge >= 0.3 is 18.1 Å². The van der Waals surface area contributed by atoms with Gasteiger partial charge in [-0.05, 0) is 30.2 Å². The third-order valence-electron chi connectivity index (χ3n) is 4.36. The number of aromatic amines is 1. The molecule has 0 bridgehead atoms. The number of alkyl halides is 3. The Morgan fingerprint density at radius 2 is 1.68 bits per heavy atom.